The minimum atomic E-state index is -0.692. The van der Waals surface area contributed by atoms with Crippen LogP contribution in [-0.4, -0.2) is 17.9 Å². The van der Waals surface area contributed by atoms with Crippen LogP contribution < -0.4 is 0 Å². The minimum absolute atomic E-state index is 0.0242. The lowest BCUT2D eigenvalue weighted by Gasteiger charge is -2.44. The molecule has 0 aliphatic heterocycles. The van der Waals surface area contributed by atoms with Gasteiger partial charge in [0.1, 0.15) is 17.8 Å². The molecular formula is C27H40O3. The number of hydrogen-bond donors (Lipinski definition) is 0. The summed E-state index contributed by atoms with van der Waals surface area (Å²) in [5.74, 6) is -0.295. The Morgan fingerprint density at radius 3 is 2.47 bits per heavy atom. The first-order chi connectivity index (χ1) is 14.3. The van der Waals surface area contributed by atoms with E-state index in [1.54, 1.807) is 6.92 Å². The Hall–Kier alpha value is -1.90. The van der Waals surface area contributed by atoms with Gasteiger partial charge in [0.25, 0.3) is 0 Å². The molecule has 0 amide bonds. The lowest BCUT2D eigenvalue weighted by molar-refractivity contribution is -0.162. The van der Waals surface area contributed by atoms with Crippen LogP contribution in [0.25, 0.3) is 0 Å². The van der Waals surface area contributed by atoms with Crippen LogP contribution in [0.2, 0.25) is 0 Å². The lowest BCUT2D eigenvalue weighted by atomic mass is 9.64. The summed E-state index contributed by atoms with van der Waals surface area (Å²) in [5.41, 5.74) is 1.18. The first-order valence-electron chi connectivity index (χ1n) is 11.7. The van der Waals surface area contributed by atoms with Gasteiger partial charge in [-0.15, -0.1) is 0 Å². The van der Waals surface area contributed by atoms with Gasteiger partial charge >= 0.3 is 5.97 Å². The Labute approximate surface area is 183 Å². The summed E-state index contributed by atoms with van der Waals surface area (Å²) in [6.07, 6.45) is 10.3. The van der Waals surface area contributed by atoms with Gasteiger partial charge in [0.15, 0.2) is 0 Å². The first kappa shape index (κ1) is 24.4. The van der Waals surface area contributed by atoms with Crippen molar-refractivity contribution in [2.24, 2.45) is 17.8 Å². The number of benzene rings is 1. The van der Waals surface area contributed by atoms with Gasteiger partial charge in [-0.25, -0.2) is 0 Å². The van der Waals surface area contributed by atoms with E-state index in [4.69, 9.17) is 4.74 Å². The molecule has 0 bridgehead atoms. The highest BCUT2D eigenvalue weighted by Crippen LogP contribution is 2.43. The van der Waals surface area contributed by atoms with Crippen molar-refractivity contribution >= 4 is 11.8 Å². The number of hydrogen-bond acceptors (Lipinski definition) is 3. The van der Waals surface area contributed by atoms with E-state index in [1.807, 2.05) is 12.1 Å². The van der Waals surface area contributed by atoms with E-state index in [1.165, 1.54) is 5.56 Å². The quantitative estimate of drug-likeness (QED) is 0.245. The molecule has 30 heavy (non-hydrogen) atoms. The second-order valence-electron chi connectivity index (χ2n) is 9.57. The summed E-state index contributed by atoms with van der Waals surface area (Å²) in [6, 6.07) is 10.5. The number of carbonyl (C=O) groups is 2. The average molecular weight is 413 g/mol. The van der Waals surface area contributed by atoms with E-state index < -0.39 is 5.92 Å². The van der Waals surface area contributed by atoms with Crippen molar-refractivity contribution in [3.05, 3.63) is 48.0 Å². The number of allylic oxidation sites excluding steroid dienone is 2. The number of Topliss-reactive ketones (excluding diaryl/α,β-unsaturated/α-hetero) is 1. The van der Waals surface area contributed by atoms with E-state index in [0.29, 0.717) is 18.8 Å². The monoisotopic (exact) mass is 412 g/mol. The van der Waals surface area contributed by atoms with Crippen molar-refractivity contribution in [3.63, 3.8) is 0 Å². The van der Waals surface area contributed by atoms with Crippen molar-refractivity contribution in [1.29, 1.82) is 0 Å². The average Bonchev–Trinajstić information content (AvgIpc) is 2.73. The summed E-state index contributed by atoms with van der Waals surface area (Å²) in [6.45, 7) is 10.6. The second-order valence-corrected chi connectivity index (χ2v) is 9.57. The zero-order valence-electron chi connectivity index (χ0n) is 19.5. The summed E-state index contributed by atoms with van der Waals surface area (Å²) in [4.78, 5) is 25.3. The molecule has 2 rings (SSSR count). The largest absolute Gasteiger partial charge is 0.462 e. The Kier molecular flexibility index (Phi) is 9.33. The maximum absolute atomic E-state index is 12.8. The van der Waals surface area contributed by atoms with Gasteiger partial charge in [-0.2, -0.15) is 0 Å². The molecule has 3 heteroatoms. The number of ketones is 1. The highest BCUT2D eigenvalue weighted by Gasteiger charge is 2.42. The van der Waals surface area contributed by atoms with Crippen LogP contribution in [0.1, 0.15) is 85.1 Å². The highest BCUT2D eigenvalue weighted by molar-refractivity contribution is 5.98. The van der Waals surface area contributed by atoms with Crippen LogP contribution in [0, 0.1) is 17.8 Å². The van der Waals surface area contributed by atoms with Crippen molar-refractivity contribution in [2.45, 2.75) is 91.1 Å². The van der Waals surface area contributed by atoms with Gasteiger partial charge < -0.3 is 4.74 Å². The number of carbonyl (C=O) groups excluding carboxylic acids is 2. The zero-order chi connectivity index (χ0) is 22.1. The maximum Gasteiger partial charge on any atom is 0.316 e. The SMILES string of the molecule is CCC/C=C\CCC(=O)C(C)C(=O)O[C@@H]1C[C@H](C)CC[C@H]1C(C)(C)c1ccccc1. The molecule has 1 aromatic rings. The molecule has 0 radical (unpaired) electrons. The van der Waals surface area contributed by atoms with Crippen molar-refractivity contribution in [2.75, 3.05) is 0 Å². The van der Waals surface area contributed by atoms with Crippen molar-refractivity contribution in [3.8, 4) is 0 Å². The Balaban J connectivity index is 2.03. The smallest absolute Gasteiger partial charge is 0.316 e. The molecule has 0 saturated heterocycles. The molecule has 1 fully saturated rings. The number of ether oxygens (including phenoxy) is 1. The molecule has 1 aliphatic rings. The van der Waals surface area contributed by atoms with Gasteiger partial charge in [-0.3, -0.25) is 9.59 Å². The number of unbranched alkanes of at least 4 members (excludes halogenated alkanes) is 1. The molecule has 0 aromatic heterocycles. The first-order valence-corrected chi connectivity index (χ1v) is 11.7. The van der Waals surface area contributed by atoms with E-state index in [0.717, 1.165) is 32.1 Å². The normalized spacial score (nSPS) is 23.3. The summed E-state index contributed by atoms with van der Waals surface area (Å²) in [7, 11) is 0. The highest BCUT2D eigenvalue weighted by atomic mass is 16.5. The Bertz CT molecular complexity index is 704. The van der Waals surface area contributed by atoms with Crippen LogP contribution >= 0.6 is 0 Å². The van der Waals surface area contributed by atoms with Gasteiger partial charge in [-0.05, 0) is 49.5 Å². The van der Waals surface area contributed by atoms with E-state index in [2.05, 4.69) is 58.0 Å². The van der Waals surface area contributed by atoms with Crippen LogP contribution in [0.3, 0.4) is 0 Å². The van der Waals surface area contributed by atoms with Gasteiger partial charge in [0, 0.05) is 12.3 Å². The molecule has 0 spiro atoms. The van der Waals surface area contributed by atoms with E-state index in [-0.39, 0.29) is 29.2 Å². The van der Waals surface area contributed by atoms with E-state index >= 15 is 0 Å². The van der Waals surface area contributed by atoms with Crippen molar-refractivity contribution < 1.29 is 14.3 Å². The van der Waals surface area contributed by atoms with Crippen LogP contribution in [0.4, 0.5) is 0 Å². The molecule has 1 unspecified atom stereocenters. The molecule has 166 valence electrons. The number of esters is 1. The van der Waals surface area contributed by atoms with Gasteiger partial charge in [0.05, 0.1) is 0 Å². The second kappa shape index (κ2) is 11.5. The maximum atomic E-state index is 12.8. The third-order valence-electron chi connectivity index (χ3n) is 6.78. The summed E-state index contributed by atoms with van der Waals surface area (Å²) < 4.78 is 6.03. The van der Waals surface area contributed by atoms with E-state index in [9.17, 15) is 9.59 Å². The third kappa shape index (κ3) is 6.55. The fourth-order valence-corrected chi connectivity index (χ4v) is 4.59. The van der Waals surface area contributed by atoms with Gasteiger partial charge in [0.2, 0.25) is 0 Å². The fourth-order valence-electron chi connectivity index (χ4n) is 4.59. The summed E-state index contributed by atoms with van der Waals surface area (Å²) >= 11 is 0. The fraction of sp³-hybridized carbons (Fsp3) is 0.630. The molecule has 1 aromatic carbocycles. The lowest BCUT2D eigenvalue weighted by Crippen LogP contribution is -2.44. The molecule has 0 heterocycles. The predicted molar refractivity (Wildman–Crippen MR) is 123 cm³/mol. The minimum Gasteiger partial charge on any atom is -0.462 e. The third-order valence-corrected chi connectivity index (χ3v) is 6.78. The standard InChI is InChI=1S/C27H40O3/c1-6-7-8-9-13-16-24(28)21(3)26(29)30-25-19-20(2)17-18-23(25)27(4,5)22-14-11-10-12-15-22/h8-12,14-15,20-21,23,25H,6-7,13,16-19H2,1-5H3/b9-8-/t20-,21?,23-,25-/m1/s1. The number of rotatable bonds is 10. The Morgan fingerprint density at radius 1 is 1.13 bits per heavy atom. The van der Waals surface area contributed by atoms with Crippen LogP contribution in [0.15, 0.2) is 42.5 Å². The van der Waals surface area contributed by atoms with Crippen LogP contribution in [0.5, 0.6) is 0 Å². The Morgan fingerprint density at radius 2 is 1.80 bits per heavy atom. The molecule has 0 N–H and O–H groups in total. The van der Waals surface area contributed by atoms with Crippen molar-refractivity contribution in [1.82, 2.24) is 0 Å². The predicted octanol–water partition coefficient (Wildman–Crippen LogP) is 6.65. The molecule has 1 aliphatic carbocycles. The summed E-state index contributed by atoms with van der Waals surface area (Å²) in [5, 5.41) is 0. The molecule has 4 atom stereocenters. The topological polar surface area (TPSA) is 43.4 Å². The molecule has 1 saturated carbocycles. The van der Waals surface area contributed by atoms with Crippen LogP contribution in [-0.2, 0) is 19.7 Å². The zero-order valence-corrected chi connectivity index (χ0v) is 19.5. The molecular weight excluding hydrogens is 372 g/mol. The molecule has 3 nitrogen and oxygen atoms in total. The van der Waals surface area contributed by atoms with Gasteiger partial charge in [-0.1, -0.05) is 83.0 Å².